The maximum Gasteiger partial charge on any atom is 0.523 e. The summed E-state index contributed by atoms with van der Waals surface area (Å²) in [5.41, 5.74) is -5.74. The Hall–Kier alpha value is -1.68. The van der Waals surface area contributed by atoms with E-state index in [-0.39, 0.29) is 0 Å². The second-order valence-electron chi connectivity index (χ2n) is 7.08. The Labute approximate surface area is 167 Å². The SMILES string of the molecule is [3H]C([3H])(CO[Si](c1ccccc1)(c1ccccc1)C(C)(C)C)OS(=O)(=O)C(F)(F)F. The van der Waals surface area contributed by atoms with E-state index in [1.54, 1.807) is 36.4 Å². The molecule has 0 N–H and O–H groups in total. The fraction of sp³-hybridized carbons (Fsp3) is 0.368. The fourth-order valence-electron chi connectivity index (χ4n) is 3.05. The zero-order chi connectivity index (χ0) is 22.8. The van der Waals surface area contributed by atoms with Crippen LogP contribution < -0.4 is 10.4 Å². The molecule has 0 aliphatic rings. The normalized spacial score (nSPS) is 15.1. The maximum atomic E-state index is 12.6. The van der Waals surface area contributed by atoms with Gasteiger partial charge in [0, 0.05) is 0 Å². The summed E-state index contributed by atoms with van der Waals surface area (Å²) in [4.78, 5) is 0. The summed E-state index contributed by atoms with van der Waals surface area (Å²) in [5, 5.41) is 0.950. The van der Waals surface area contributed by atoms with Crippen molar-refractivity contribution >= 4 is 28.8 Å². The van der Waals surface area contributed by atoms with Crippen molar-refractivity contribution in [2.24, 2.45) is 0 Å². The van der Waals surface area contributed by atoms with Crippen molar-refractivity contribution in [1.82, 2.24) is 0 Å². The van der Waals surface area contributed by atoms with Crippen molar-refractivity contribution in [3.05, 3.63) is 60.7 Å². The van der Waals surface area contributed by atoms with E-state index >= 15 is 0 Å². The van der Waals surface area contributed by atoms with Gasteiger partial charge in [-0.05, 0) is 15.4 Å². The molecule has 2 rings (SSSR count). The zero-order valence-corrected chi connectivity index (χ0v) is 17.5. The largest absolute Gasteiger partial charge is 0.523 e. The van der Waals surface area contributed by atoms with Gasteiger partial charge in [0.15, 0.2) is 0 Å². The minimum absolute atomic E-state index is 0.575. The highest BCUT2D eigenvalue weighted by Gasteiger charge is 2.50. The quantitative estimate of drug-likeness (QED) is 0.379. The molecule has 0 unspecified atom stereocenters. The lowest BCUT2D eigenvalue weighted by atomic mass is 10.2. The van der Waals surface area contributed by atoms with Gasteiger partial charge in [-0.15, -0.1) is 0 Å². The van der Waals surface area contributed by atoms with Crippen molar-refractivity contribution in [1.29, 1.82) is 0 Å². The second-order valence-corrected chi connectivity index (χ2v) is 12.9. The van der Waals surface area contributed by atoms with Crippen LogP contribution in [0.1, 0.15) is 23.5 Å². The molecular weight excluding hydrogens is 409 g/mol. The summed E-state index contributed by atoms with van der Waals surface area (Å²) in [6.45, 7) is 1.45. The van der Waals surface area contributed by atoms with Gasteiger partial charge in [-0.2, -0.15) is 21.6 Å². The summed E-state index contributed by atoms with van der Waals surface area (Å²) in [5.74, 6) is 0. The molecule has 0 amide bonds. The molecule has 0 heterocycles. The van der Waals surface area contributed by atoms with Crippen LogP contribution in [0.15, 0.2) is 60.7 Å². The number of hydrogen-bond acceptors (Lipinski definition) is 4. The zero-order valence-electron chi connectivity index (χ0n) is 17.7. The third-order valence-electron chi connectivity index (χ3n) is 4.22. The van der Waals surface area contributed by atoms with E-state index in [0.717, 1.165) is 10.4 Å². The Morgan fingerprint density at radius 3 is 1.71 bits per heavy atom. The monoisotopic (exact) mass is 436 g/mol. The van der Waals surface area contributed by atoms with Gasteiger partial charge < -0.3 is 4.43 Å². The molecule has 28 heavy (non-hydrogen) atoms. The molecule has 0 spiro atoms. The van der Waals surface area contributed by atoms with Crippen molar-refractivity contribution in [3.63, 3.8) is 0 Å². The van der Waals surface area contributed by atoms with Gasteiger partial charge in [-0.3, -0.25) is 4.18 Å². The first kappa shape index (κ1) is 19.6. The van der Waals surface area contributed by atoms with Crippen LogP contribution >= 0.6 is 0 Å². The minimum atomic E-state index is -6.13. The van der Waals surface area contributed by atoms with Gasteiger partial charge in [0.25, 0.3) is 8.32 Å². The molecule has 0 atom stereocenters. The third kappa shape index (κ3) is 4.65. The topological polar surface area (TPSA) is 52.6 Å². The molecule has 0 aliphatic heterocycles. The highest BCUT2D eigenvalue weighted by atomic mass is 32.2. The van der Waals surface area contributed by atoms with Crippen LogP contribution in [-0.4, -0.2) is 35.4 Å². The standard InChI is InChI=1S/C19H23F3O4SSi/c1-18(2,3)28(16-10-6-4-7-11-16,17-12-8-5-9-13-17)26-15-14-25-27(23,24)19(20,21)22/h4-13H,14-15H2,1-3H3/i14T2. The predicted octanol–water partition coefficient (Wildman–Crippen LogP) is 3.43. The smallest absolute Gasteiger partial charge is 0.405 e. The first-order valence-corrected chi connectivity index (χ1v) is 11.7. The van der Waals surface area contributed by atoms with E-state index in [2.05, 4.69) is 4.18 Å². The predicted molar refractivity (Wildman–Crippen MR) is 104 cm³/mol. The van der Waals surface area contributed by atoms with Gasteiger partial charge in [0.05, 0.1) is 15.9 Å². The third-order valence-corrected chi connectivity index (χ3v) is 10.1. The van der Waals surface area contributed by atoms with E-state index < -0.39 is 42.1 Å². The number of hydrogen-bond donors (Lipinski definition) is 0. The Morgan fingerprint density at radius 1 is 0.929 bits per heavy atom. The fourth-order valence-corrected chi connectivity index (χ4v) is 7.78. The lowest BCUT2D eigenvalue weighted by Crippen LogP contribution is -2.66. The lowest BCUT2D eigenvalue weighted by Gasteiger charge is -2.43. The van der Waals surface area contributed by atoms with Crippen LogP contribution in [0.5, 0.6) is 0 Å². The summed E-state index contributed by atoms with van der Waals surface area (Å²) < 4.78 is 85.9. The van der Waals surface area contributed by atoms with E-state index in [0.29, 0.717) is 0 Å². The molecule has 0 bridgehead atoms. The summed E-state index contributed by atoms with van der Waals surface area (Å²) in [7, 11) is -9.40. The Kier molecular flexibility index (Phi) is 5.86. The number of rotatable bonds is 7. The molecule has 0 saturated heterocycles. The van der Waals surface area contributed by atoms with Crippen LogP contribution in [0.3, 0.4) is 0 Å². The van der Waals surface area contributed by atoms with Gasteiger partial charge in [-0.1, -0.05) is 81.4 Å². The molecule has 2 aromatic rings. The molecule has 2 aromatic carbocycles. The van der Waals surface area contributed by atoms with Crippen LogP contribution in [0.4, 0.5) is 13.2 Å². The lowest BCUT2D eigenvalue weighted by molar-refractivity contribution is -0.0547. The van der Waals surface area contributed by atoms with E-state index in [9.17, 15) is 21.6 Å². The Morgan fingerprint density at radius 2 is 1.36 bits per heavy atom. The van der Waals surface area contributed by atoms with Crippen LogP contribution in [-0.2, 0) is 18.7 Å². The molecule has 154 valence electrons. The summed E-state index contributed by atoms with van der Waals surface area (Å²) in [6.07, 6.45) is 0. The summed E-state index contributed by atoms with van der Waals surface area (Å²) >= 11 is 0. The molecule has 0 radical (unpaired) electrons. The molecule has 4 nitrogen and oxygen atoms in total. The Bertz CT molecular complexity index is 908. The first-order chi connectivity index (χ1) is 13.6. The molecular formula is C19H23F3O4SSi. The van der Waals surface area contributed by atoms with Crippen LogP contribution in [0.25, 0.3) is 0 Å². The summed E-state index contributed by atoms with van der Waals surface area (Å²) in [6, 6.07) is 18.0. The minimum Gasteiger partial charge on any atom is -0.405 e. The van der Waals surface area contributed by atoms with Crippen molar-refractivity contribution in [2.45, 2.75) is 31.3 Å². The number of alkyl halides is 3. The van der Waals surface area contributed by atoms with Gasteiger partial charge >= 0.3 is 15.6 Å². The molecule has 0 fully saturated rings. The average molecular weight is 437 g/mol. The highest BCUT2D eigenvalue weighted by Crippen LogP contribution is 2.36. The highest BCUT2D eigenvalue weighted by molar-refractivity contribution is 7.87. The van der Waals surface area contributed by atoms with Crippen molar-refractivity contribution in [2.75, 3.05) is 13.2 Å². The van der Waals surface area contributed by atoms with E-state index in [1.165, 1.54) is 0 Å². The van der Waals surface area contributed by atoms with Gasteiger partial charge in [0.1, 0.15) is 0 Å². The molecule has 0 saturated carbocycles. The Balaban J connectivity index is 2.52. The maximum absolute atomic E-state index is 12.6. The molecule has 0 aliphatic carbocycles. The number of benzene rings is 2. The van der Waals surface area contributed by atoms with Crippen LogP contribution in [0.2, 0.25) is 5.04 Å². The molecule has 9 heteroatoms. The van der Waals surface area contributed by atoms with Gasteiger partial charge in [-0.25, -0.2) is 0 Å². The second kappa shape index (κ2) is 8.36. The average Bonchev–Trinajstić information content (AvgIpc) is 2.61. The van der Waals surface area contributed by atoms with Gasteiger partial charge in [0.2, 0.25) is 0 Å². The molecule has 0 aromatic heterocycles. The first-order valence-electron chi connectivity index (χ1n) is 9.39. The van der Waals surface area contributed by atoms with E-state index in [1.807, 2.05) is 45.0 Å². The van der Waals surface area contributed by atoms with Crippen LogP contribution in [0, 0.1) is 0 Å². The van der Waals surface area contributed by atoms with E-state index in [4.69, 9.17) is 7.17 Å². The van der Waals surface area contributed by atoms with Crippen molar-refractivity contribution < 1.29 is 32.9 Å². The number of halogens is 3. The van der Waals surface area contributed by atoms with Crippen molar-refractivity contribution in [3.8, 4) is 0 Å².